The van der Waals surface area contributed by atoms with Crippen molar-refractivity contribution < 1.29 is 14.7 Å². The number of likely N-dealkylation sites (N-methyl/N-ethyl adjacent to an activating group) is 1. The molecule has 2 aliphatic rings. The van der Waals surface area contributed by atoms with E-state index in [0.717, 1.165) is 45.3 Å². The van der Waals surface area contributed by atoms with Crippen LogP contribution in [0.4, 0.5) is 4.79 Å². The zero-order valence-corrected chi connectivity index (χ0v) is 13.8. The average molecular weight is 311 g/mol. The summed E-state index contributed by atoms with van der Waals surface area (Å²) in [4.78, 5) is 27.0. The van der Waals surface area contributed by atoms with Gasteiger partial charge in [0.1, 0.15) is 0 Å². The van der Waals surface area contributed by atoms with Gasteiger partial charge in [-0.2, -0.15) is 0 Å². The Kier molecular flexibility index (Phi) is 6.06. The minimum atomic E-state index is -0.784. The molecule has 0 aromatic rings. The highest BCUT2D eigenvalue weighted by Crippen LogP contribution is 2.26. The second kappa shape index (κ2) is 7.81. The molecular formula is C16H29N3O3. The van der Waals surface area contributed by atoms with Gasteiger partial charge in [0.25, 0.3) is 0 Å². The van der Waals surface area contributed by atoms with E-state index in [1.807, 2.05) is 16.7 Å². The molecule has 2 rings (SSSR count). The zero-order valence-electron chi connectivity index (χ0n) is 13.8. The molecule has 22 heavy (non-hydrogen) atoms. The number of carbonyl (C=O) groups excluding carboxylic acids is 1. The molecule has 126 valence electrons. The summed E-state index contributed by atoms with van der Waals surface area (Å²) in [6.45, 7) is 6.73. The number of carboxylic acids is 1. The summed E-state index contributed by atoms with van der Waals surface area (Å²) in [6.07, 6.45) is 5.18. The number of aliphatic carboxylic acids is 1. The molecule has 6 nitrogen and oxygen atoms in total. The maximum Gasteiger partial charge on any atom is 0.317 e. The summed E-state index contributed by atoms with van der Waals surface area (Å²) in [5.41, 5.74) is 0. The van der Waals surface area contributed by atoms with Crippen LogP contribution in [0.2, 0.25) is 0 Å². The normalized spacial score (nSPS) is 28.3. The van der Waals surface area contributed by atoms with Crippen molar-refractivity contribution in [3.8, 4) is 0 Å². The molecule has 6 heteroatoms. The number of hydrogen-bond acceptors (Lipinski definition) is 3. The van der Waals surface area contributed by atoms with Gasteiger partial charge in [0.15, 0.2) is 0 Å². The second-order valence-electron chi connectivity index (χ2n) is 6.59. The third kappa shape index (κ3) is 4.35. The van der Waals surface area contributed by atoms with Gasteiger partial charge in [-0.15, -0.1) is 0 Å². The molecule has 0 bridgehead atoms. The standard InChI is InChI=1S/C16H29N3O3/c1-3-12-6-5-7-19(10-12)16(22)17-13-8-14(9-13)18(4-2)11-15(20)21/h12-14H,3-11H2,1-2H3,(H,17,22)(H,20,21). The van der Waals surface area contributed by atoms with Gasteiger partial charge in [-0.05, 0) is 38.1 Å². The number of urea groups is 1. The molecule has 0 aromatic heterocycles. The van der Waals surface area contributed by atoms with E-state index in [-0.39, 0.29) is 24.7 Å². The first-order valence-electron chi connectivity index (χ1n) is 8.54. The van der Waals surface area contributed by atoms with Crippen molar-refractivity contribution in [2.75, 3.05) is 26.2 Å². The van der Waals surface area contributed by atoms with Gasteiger partial charge in [-0.1, -0.05) is 20.3 Å². The Morgan fingerprint density at radius 2 is 2.05 bits per heavy atom. The van der Waals surface area contributed by atoms with Crippen molar-refractivity contribution >= 4 is 12.0 Å². The van der Waals surface area contributed by atoms with Crippen molar-refractivity contribution in [2.24, 2.45) is 5.92 Å². The van der Waals surface area contributed by atoms with E-state index in [1.54, 1.807) is 0 Å². The molecule has 1 aliphatic heterocycles. The Morgan fingerprint density at radius 1 is 1.32 bits per heavy atom. The lowest BCUT2D eigenvalue weighted by Crippen LogP contribution is -2.57. The van der Waals surface area contributed by atoms with Crippen LogP contribution in [0.3, 0.4) is 0 Å². The van der Waals surface area contributed by atoms with E-state index in [2.05, 4.69) is 12.2 Å². The van der Waals surface area contributed by atoms with Gasteiger partial charge in [0.05, 0.1) is 6.54 Å². The maximum atomic E-state index is 12.3. The van der Waals surface area contributed by atoms with Crippen molar-refractivity contribution in [3.63, 3.8) is 0 Å². The SMILES string of the molecule is CCC1CCCN(C(=O)NC2CC(N(CC)CC(=O)O)C2)C1. The lowest BCUT2D eigenvalue weighted by Gasteiger charge is -2.43. The van der Waals surface area contributed by atoms with Crippen LogP contribution in [0.15, 0.2) is 0 Å². The predicted octanol–water partition coefficient (Wildman–Crippen LogP) is 1.76. The largest absolute Gasteiger partial charge is 0.480 e. The maximum absolute atomic E-state index is 12.3. The Balaban J connectivity index is 1.72. The number of likely N-dealkylation sites (tertiary alicyclic amines) is 1. The minimum absolute atomic E-state index is 0.0582. The van der Waals surface area contributed by atoms with E-state index in [9.17, 15) is 9.59 Å². The molecule has 0 aromatic carbocycles. The summed E-state index contributed by atoms with van der Waals surface area (Å²) < 4.78 is 0. The van der Waals surface area contributed by atoms with E-state index >= 15 is 0 Å². The van der Waals surface area contributed by atoms with Gasteiger partial charge in [0, 0.05) is 25.2 Å². The van der Waals surface area contributed by atoms with Crippen LogP contribution in [0.25, 0.3) is 0 Å². The number of rotatable bonds is 6. The van der Waals surface area contributed by atoms with Crippen LogP contribution in [0.1, 0.15) is 46.0 Å². The summed E-state index contributed by atoms with van der Waals surface area (Å²) in [7, 11) is 0. The molecule has 1 saturated carbocycles. The van der Waals surface area contributed by atoms with E-state index < -0.39 is 5.97 Å². The molecule has 0 spiro atoms. The zero-order chi connectivity index (χ0) is 16.1. The molecule has 2 N–H and O–H groups in total. The molecule has 1 saturated heterocycles. The summed E-state index contributed by atoms with van der Waals surface area (Å²) in [5.74, 6) is -0.145. The molecular weight excluding hydrogens is 282 g/mol. The topological polar surface area (TPSA) is 72.9 Å². The Hall–Kier alpha value is -1.30. The Morgan fingerprint density at radius 3 is 2.64 bits per heavy atom. The van der Waals surface area contributed by atoms with Crippen molar-refractivity contribution in [1.29, 1.82) is 0 Å². The highest BCUT2D eigenvalue weighted by molar-refractivity contribution is 5.74. The first-order chi connectivity index (χ1) is 10.5. The third-order valence-electron chi connectivity index (χ3n) is 5.09. The molecule has 2 amide bonds. The fraction of sp³-hybridized carbons (Fsp3) is 0.875. The number of piperidine rings is 1. The number of nitrogens with zero attached hydrogens (tertiary/aromatic N) is 2. The van der Waals surface area contributed by atoms with E-state index in [4.69, 9.17) is 5.11 Å². The van der Waals surface area contributed by atoms with Gasteiger partial charge >= 0.3 is 12.0 Å². The summed E-state index contributed by atoms with van der Waals surface area (Å²) in [5, 5.41) is 12.0. The number of carboxylic acid groups (broad SMARTS) is 1. The second-order valence-corrected chi connectivity index (χ2v) is 6.59. The Labute approximate surface area is 132 Å². The van der Waals surface area contributed by atoms with Crippen LogP contribution in [-0.2, 0) is 4.79 Å². The molecule has 1 unspecified atom stereocenters. The van der Waals surface area contributed by atoms with Crippen LogP contribution < -0.4 is 5.32 Å². The van der Waals surface area contributed by atoms with Crippen molar-refractivity contribution in [1.82, 2.24) is 15.1 Å². The first-order valence-corrected chi connectivity index (χ1v) is 8.54. The van der Waals surface area contributed by atoms with Gasteiger partial charge in [0.2, 0.25) is 0 Å². The van der Waals surface area contributed by atoms with Gasteiger partial charge in [-0.3, -0.25) is 9.69 Å². The van der Waals surface area contributed by atoms with Crippen molar-refractivity contribution in [2.45, 2.75) is 58.0 Å². The summed E-state index contributed by atoms with van der Waals surface area (Å²) in [6, 6.07) is 0.543. The molecule has 1 heterocycles. The average Bonchev–Trinajstić information content (AvgIpc) is 2.48. The molecule has 1 aliphatic carbocycles. The van der Waals surface area contributed by atoms with E-state index in [0.29, 0.717) is 5.92 Å². The van der Waals surface area contributed by atoms with Crippen LogP contribution in [-0.4, -0.2) is 65.2 Å². The van der Waals surface area contributed by atoms with Crippen LogP contribution in [0, 0.1) is 5.92 Å². The highest BCUT2D eigenvalue weighted by atomic mass is 16.4. The van der Waals surface area contributed by atoms with Crippen LogP contribution in [0.5, 0.6) is 0 Å². The quantitative estimate of drug-likeness (QED) is 0.784. The lowest BCUT2D eigenvalue weighted by molar-refractivity contribution is -0.139. The van der Waals surface area contributed by atoms with Gasteiger partial charge < -0.3 is 15.3 Å². The third-order valence-corrected chi connectivity index (χ3v) is 5.09. The highest BCUT2D eigenvalue weighted by Gasteiger charge is 2.35. The lowest BCUT2D eigenvalue weighted by atomic mass is 9.85. The molecule has 2 fully saturated rings. The number of nitrogens with one attached hydrogen (secondary N) is 1. The molecule has 1 atom stereocenters. The Bertz CT molecular complexity index is 396. The van der Waals surface area contributed by atoms with Crippen LogP contribution >= 0.6 is 0 Å². The van der Waals surface area contributed by atoms with Crippen molar-refractivity contribution in [3.05, 3.63) is 0 Å². The minimum Gasteiger partial charge on any atom is -0.480 e. The number of carbonyl (C=O) groups is 2. The number of amides is 2. The summed E-state index contributed by atoms with van der Waals surface area (Å²) >= 11 is 0. The van der Waals surface area contributed by atoms with E-state index in [1.165, 1.54) is 6.42 Å². The molecule has 0 radical (unpaired) electrons. The van der Waals surface area contributed by atoms with Gasteiger partial charge in [-0.25, -0.2) is 4.79 Å². The monoisotopic (exact) mass is 311 g/mol. The predicted molar refractivity (Wildman–Crippen MR) is 84.8 cm³/mol. The number of hydrogen-bond donors (Lipinski definition) is 2. The first kappa shape index (κ1) is 17.1. The fourth-order valence-corrected chi connectivity index (χ4v) is 3.53. The fourth-order valence-electron chi connectivity index (χ4n) is 3.53. The smallest absolute Gasteiger partial charge is 0.317 e.